The predicted octanol–water partition coefficient (Wildman–Crippen LogP) is 2.10. The Morgan fingerprint density at radius 2 is 2.43 bits per heavy atom. The molecule has 3 nitrogen and oxygen atoms in total. The van der Waals surface area contributed by atoms with E-state index in [1.165, 1.54) is 0 Å². The molecule has 1 heterocycles. The summed E-state index contributed by atoms with van der Waals surface area (Å²) in [6.07, 6.45) is 9.21. The summed E-state index contributed by atoms with van der Waals surface area (Å²) in [5.41, 5.74) is 2.04. The van der Waals surface area contributed by atoms with Gasteiger partial charge in [0.1, 0.15) is 5.82 Å². The van der Waals surface area contributed by atoms with Crippen molar-refractivity contribution in [1.29, 1.82) is 0 Å². The summed E-state index contributed by atoms with van der Waals surface area (Å²) < 4.78 is 0. The van der Waals surface area contributed by atoms with Crippen molar-refractivity contribution in [2.45, 2.75) is 6.92 Å². The monoisotopic (exact) mass is 189 g/mol. The van der Waals surface area contributed by atoms with E-state index < -0.39 is 0 Å². The quantitative estimate of drug-likeness (QED) is 0.712. The Balaban J connectivity index is 3.04. The van der Waals surface area contributed by atoms with E-state index in [4.69, 9.17) is 0 Å². The molecule has 3 heteroatoms. The highest BCUT2D eigenvalue weighted by atomic mass is 14.9. The minimum Gasteiger partial charge on any atom is -0.388 e. The smallest absolute Gasteiger partial charge is 0.139 e. The van der Waals surface area contributed by atoms with Crippen LogP contribution in [0.4, 0.5) is 0 Å². The molecule has 0 fully saturated rings. The van der Waals surface area contributed by atoms with Crippen LogP contribution in [0, 0.1) is 0 Å². The number of H-pyrrole nitrogens is 1. The molecule has 0 saturated carbocycles. The van der Waals surface area contributed by atoms with Crippen LogP contribution in [-0.4, -0.2) is 17.0 Å². The summed E-state index contributed by atoms with van der Waals surface area (Å²) in [6, 6.07) is 0. The number of rotatable bonds is 4. The molecule has 0 aliphatic carbocycles. The van der Waals surface area contributed by atoms with Gasteiger partial charge >= 0.3 is 0 Å². The van der Waals surface area contributed by atoms with Crippen LogP contribution in [0.15, 0.2) is 42.9 Å². The third-order valence-electron chi connectivity index (χ3n) is 1.89. The Morgan fingerprint density at radius 1 is 1.64 bits per heavy atom. The van der Waals surface area contributed by atoms with Gasteiger partial charge in [0.2, 0.25) is 0 Å². The first-order chi connectivity index (χ1) is 6.83. The molecule has 0 aliphatic heterocycles. The average molecular weight is 189 g/mol. The fourth-order valence-corrected chi connectivity index (χ4v) is 1.26. The number of likely N-dealkylation sites (N-methyl/N-ethyl adjacent to an activating group) is 1. The lowest BCUT2D eigenvalue weighted by Gasteiger charge is -2.08. The van der Waals surface area contributed by atoms with E-state index in [0.29, 0.717) is 0 Å². The van der Waals surface area contributed by atoms with Gasteiger partial charge in [-0.2, -0.15) is 0 Å². The summed E-state index contributed by atoms with van der Waals surface area (Å²) in [7, 11) is 1.88. The van der Waals surface area contributed by atoms with Gasteiger partial charge < -0.3 is 10.3 Å². The highest BCUT2D eigenvalue weighted by molar-refractivity contribution is 5.74. The lowest BCUT2D eigenvalue weighted by molar-refractivity contribution is 1.03. The fourth-order valence-electron chi connectivity index (χ4n) is 1.26. The van der Waals surface area contributed by atoms with E-state index in [1.54, 1.807) is 18.5 Å². The molecule has 1 aromatic heterocycles. The third-order valence-corrected chi connectivity index (χ3v) is 1.89. The summed E-state index contributed by atoms with van der Waals surface area (Å²) in [4.78, 5) is 7.27. The van der Waals surface area contributed by atoms with Gasteiger partial charge in [0.05, 0.1) is 0 Å². The first-order valence-corrected chi connectivity index (χ1v) is 4.50. The number of hydrogen-bond acceptors (Lipinski definition) is 2. The van der Waals surface area contributed by atoms with Crippen molar-refractivity contribution in [3.8, 4) is 0 Å². The molecule has 14 heavy (non-hydrogen) atoms. The van der Waals surface area contributed by atoms with Crippen molar-refractivity contribution < 1.29 is 0 Å². The Morgan fingerprint density at radius 3 is 2.86 bits per heavy atom. The Kier molecular flexibility index (Phi) is 3.73. The third kappa shape index (κ3) is 2.13. The molecule has 1 rings (SSSR count). The highest BCUT2D eigenvalue weighted by Gasteiger charge is 2.06. The number of hydrogen-bond donors (Lipinski definition) is 2. The SMILES string of the molecule is C=C/C=C(NC)\C(=C/C)c1ncc[nH]1. The van der Waals surface area contributed by atoms with E-state index >= 15 is 0 Å². The van der Waals surface area contributed by atoms with Crippen molar-refractivity contribution in [2.24, 2.45) is 0 Å². The van der Waals surface area contributed by atoms with Crippen molar-refractivity contribution in [1.82, 2.24) is 15.3 Å². The van der Waals surface area contributed by atoms with Gasteiger partial charge in [-0.3, -0.25) is 0 Å². The van der Waals surface area contributed by atoms with Gasteiger partial charge in [0.15, 0.2) is 0 Å². The van der Waals surface area contributed by atoms with Crippen LogP contribution < -0.4 is 5.32 Å². The molecule has 0 saturated heterocycles. The molecule has 2 N–H and O–H groups in total. The lowest BCUT2D eigenvalue weighted by atomic mass is 10.1. The number of nitrogens with one attached hydrogen (secondary N) is 2. The molecule has 1 aromatic rings. The van der Waals surface area contributed by atoms with Crippen LogP contribution in [-0.2, 0) is 0 Å². The molecule has 0 aliphatic rings. The van der Waals surface area contributed by atoms with Gasteiger partial charge in [-0.15, -0.1) is 0 Å². The number of aromatic amines is 1. The first-order valence-electron chi connectivity index (χ1n) is 4.50. The van der Waals surface area contributed by atoms with Crippen LogP contribution in [0.5, 0.6) is 0 Å². The van der Waals surface area contributed by atoms with Crippen molar-refractivity contribution in [3.63, 3.8) is 0 Å². The van der Waals surface area contributed by atoms with E-state index in [9.17, 15) is 0 Å². The van der Waals surface area contributed by atoms with E-state index in [1.807, 2.05) is 26.1 Å². The van der Waals surface area contributed by atoms with Gasteiger partial charge in [-0.25, -0.2) is 4.98 Å². The number of nitrogens with zero attached hydrogens (tertiary/aromatic N) is 1. The first kappa shape index (κ1) is 10.3. The topological polar surface area (TPSA) is 40.7 Å². The standard InChI is InChI=1S/C11H15N3/c1-4-6-10(12-3)9(5-2)11-13-7-8-14-11/h4-8,12H,1H2,2-3H3,(H,13,14)/b9-5+,10-6+. The second-order valence-electron chi connectivity index (χ2n) is 2.71. The van der Waals surface area contributed by atoms with E-state index in [-0.39, 0.29) is 0 Å². The molecule has 0 spiro atoms. The second-order valence-corrected chi connectivity index (χ2v) is 2.71. The Hall–Kier alpha value is -1.77. The number of aromatic nitrogens is 2. The van der Waals surface area contributed by atoms with Gasteiger partial charge in [0.25, 0.3) is 0 Å². The number of imidazole rings is 1. The van der Waals surface area contributed by atoms with E-state index in [0.717, 1.165) is 17.1 Å². The van der Waals surface area contributed by atoms with Crippen LogP contribution in [0.25, 0.3) is 5.57 Å². The predicted molar refractivity (Wildman–Crippen MR) is 59.6 cm³/mol. The highest BCUT2D eigenvalue weighted by Crippen LogP contribution is 2.16. The van der Waals surface area contributed by atoms with Crippen molar-refractivity contribution in [3.05, 3.63) is 48.7 Å². The van der Waals surface area contributed by atoms with Gasteiger partial charge in [-0.05, 0) is 13.0 Å². The molecule has 0 atom stereocenters. The van der Waals surface area contributed by atoms with Gasteiger partial charge in [0, 0.05) is 30.7 Å². The maximum Gasteiger partial charge on any atom is 0.139 e. The maximum atomic E-state index is 4.20. The minimum atomic E-state index is 0.856. The Labute approximate surface area is 84.3 Å². The second kappa shape index (κ2) is 5.07. The summed E-state index contributed by atoms with van der Waals surface area (Å²) in [5, 5.41) is 3.10. The zero-order chi connectivity index (χ0) is 10.4. The van der Waals surface area contributed by atoms with Crippen LogP contribution in [0.1, 0.15) is 12.7 Å². The average Bonchev–Trinajstić information content (AvgIpc) is 2.71. The largest absolute Gasteiger partial charge is 0.388 e. The molecule has 0 unspecified atom stereocenters. The normalized spacial score (nSPS) is 12.7. The maximum absolute atomic E-state index is 4.20. The molecule has 74 valence electrons. The van der Waals surface area contributed by atoms with Crippen LogP contribution >= 0.6 is 0 Å². The fraction of sp³-hybridized carbons (Fsp3) is 0.182. The Bertz CT molecular complexity index is 345. The molecular weight excluding hydrogens is 174 g/mol. The summed E-state index contributed by atoms with van der Waals surface area (Å²) in [5.74, 6) is 0.856. The molecule has 0 aromatic carbocycles. The zero-order valence-corrected chi connectivity index (χ0v) is 8.54. The van der Waals surface area contributed by atoms with Crippen molar-refractivity contribution in [2.75, 3.05) is 7.05 Å². The minimum absolute atomic E-state index is 0.856. The molecule has 0 amide bonds. The molecular formula is C11H15N3. The molecule has 0 radical (unpaired) electrons. The summed E-state index contributed by atoms with van der Waals surface area (Å²) >= 11 is 0. The van der Waals surface area contributed by atoms with Crippen molar-refractivity contribution >= 4 is 5.57 Å². The summed E-state index contributed by atoms with van der Waals surface area (Å²) in [6.45, 7) is 5.65. The molecule has 0 bridgehead atoms. The van der Waals surface area contributed by atoms with Gasteiger partial charge in [-0.1, -0.05) is 18.7 Å². The number of allylic oxidation sites excluding steroid dienone is 4. The van der Waals surface area contributed by atoms with E-state index in [2.05, 4.69) is 21.9 Å². The lowest BCUT2D eigenvalue weighted by Crippen LogP contribution is -2.08. The zero-order valence-electron chi connectivity index (χ0n) is 8.54. The van der Waals surface area contributed by atoms with Crippen LogP contribution in [0.3, 0.4) is 0 Å². The van der Waals surface area contributed by atoms with Crippen LogP contribution in [0.2, 0.25) is 0 Å².